The van der Waals surface area contributed by atoms with E-state index in [-0.39, 0.29) is 0 Å². The minimum Gasteiger partial charge on any atom is -0.345 e. The Morgan fingerprint density at radius 3 is 3.15 bits per heavy atom. The van der Waals surface area contributed by atoms with Crippen LogP contribution >= 0.6 is 23.4 Å². The average Bonchev–Trinajstić information content (AvgIpc) is 2.46. The summed E-state index contributed by atoms with van der Waals surface area (Å²) in [4.78, 5) is 8.41. The number of pyridine rings is 1. The van der Waals surface area contributed by atoms with Crippen molar-refractivity contribution >= 4 is 29.3 Å². The van der Waals surface area contributed by atoms with Crippen LogP contribution in [0.5, 0.6) is 0 Å². The lowest BCUT2D eigenvalue weighted by atomic mass is 10.4. The molecular weight excluding hydrogens is 294 g/mol. The standard InChI is InChI=1S/C13H14ClN5S/c1-2-5-17-13(19-10-15)18-7-8-20-9-12-11(14)4-3-6-16-12/h1,3-4,6H,5,7-9H2,(H2,17,18,19). The Kier molecular flexibility index (Phi) is 8.05. The molecule has 2 N–H and O–H groups in total. The van der Waals surface area contributed by atoms with E-state index < -0.39 is 0 Å². The molecule has 0 fully saturated rings. The van der Waals surface area contributed by atoms with Gasteiger partial charge in [-0.05, 0) is 12.1 Å². The van der Waals surface area contributed by atoms with Crippen molar-refractivity contribution in [3.8, 4) is 18.5 Å². The molecule has 0 amide bonds. The molecule has 1 aromatic heterocycles. The Bertz CT molecular complexity index is 532. The number of nitrogens with zero attached hydrogens (tertiary/aromatic N) is 3. The van der Waals surface area contributed by atoms with Gasteiger partial charge in [-0.1, -0.05) is 17.5 Å². The summed E-state index contributed by atoms with van der Waals surface area (Å²) in [6.45, 7) is 0.890. The van der Waals surface area contributed by atoms with Gasteiger partial charge in [-0.3, -0.25) is 15.3 Å². The predicted octanol–water partition coefficient (Wildman–Crippen LogP) is 1.62. The molecule has 0 aromatic carbocycles. The first-order chi connectivity index (χ1) is 9.77. The monoisotopic (exact) mass is 307 g/mol. The number of aromatic nitrogens is 1. The Hall–Kier alpha value is -1.89. The van der Waals surface area contributed by atoms with Gasteiger partial charge in [0, 0.05) is 17.7 Å². The lowest BCUT2D eigenvalue weighted by Gasteiger charge is -2.05. The first-order valence-electron chi connectivity index (χ1n) is 5.82. The molecule has 0 aliphatic carbocycles. The van der Waals surface area contributed by atoms with E-state index >= 15 is 0 Å². The van der Waals surface area contributed by atoms with Crippen molar-refractivity contribution < 1.29 is 0 Å². The summed E-state index contributed by atoms with van der Waals surface area (Å²) in [5.74, 6) is 4.33. The second-order valence-electron chi connectivity index (χ2n) is 3.51. The summed E-state index contributed by atoms with van der Waals surface area (Å²) in [5.41, 5.74) is 0.865. The van der Waals surface area contributed by atoms with E-state index in [1.807, 2.05) is 6.07 Å². The van der Waals surface area contributed by atoms with Crippen molar-refractivity contribution in [2.24, 2.45) is 4.99 Å². The molecule has 0 aliphatic heterocycles. The number of thioether (sulfide) groups is 1. The molecule has 104 valence electrons. The topological polar surface area (TPSA) is 73.1 Å². The maximum Gasteiger partial charge on any atom is 0.205 e. The molecular formula is C13H14ClN5S. The zero-order chi connectivity index (χ0) is 14.6. The van der Waals surface area contributed by atoms with Crippen LogP contribution in [-0.4, -0.2) is 29.8 Å². The first-order valence-corrected chi connectivity index (χ1v) is 7.35. The molecule has 5 nitrogen and oxygen atoms in total. The molecule has 0 spiro atoms. The van der Waals surface area contributed by atoms with E-state index in [4.69, 9.17) is 23.3 Å². The number of nitriles is 1. The van der Waals surface area contributed by atoms with Gasteiger partial charge in [0.05, 0.1) is 23.8 Å². The van der Waals surface area contributed by atoms with E-state index in [1.165, 1.54) is 0 Å². The second kappa shape index (κ2) is 9.96. The van der Waals surface area contributed by atoms with Gasteiger partial charge in [-0.15, -0.1) is 6.42 Å². The van der Waals surface area contributed by atoms with Gasteiger partial charge in [0.2, 0.25) is 5.96 Å². The SMILES string of the molecule is C#CCN/C(=N/CCSCc1ncccc1Cl)NC#N. The number of guanidine groups is 1. The first kappa shape index (κ1) is 16.2. The number of hydrogen-bond acceptors (Lipinski definition) is 4. The number of terminal acetylenes is 1. The Morgan fingerprint density at radius 2 is 2.45 bits per heavy atom. The smallest absolute Gasteiger partial charge is 0.205 e. The van der Waals surface area contributed by atoms with Crippen LogP contribution in [0.4, 0.5) is 0 Å². The highest BCUT2D eigenvalue weighted by Gasteiger charge is 2.00. The van der Waals surface area contributed by atoms with Gasteiger partial charge >= 0.3 is 0 Å². The van der Waals surface area contributed by atoms with Gasteiger partial charge < -0.3 is 5.32 Å². The molecule has 1 rings (SSSR count). The van der Waals surface area contributed by atoms with Crippen LogP contribution in [0, 0.1) is 23.8 Å². The average molecular weight is 308 g/mol. The van der Waals surface area contributed by atoms with Crippen LogP contribution < -0.4 is 10.6 Å². The highest BCUT2D eigenvalue weighted by molar-refractivity contribution is 7.98. The molecule has 7 heteroatoms. The van der Waals surface area contributed by atoms with Crippen molar-refractivity contribution in [3.05, 3.63) is 29.0 Å². The second-order valence-corrected chi connectivity index (χ2v) is 5.02. The zero-order valence-electron chi connectivity index (χ0n) is 10.8. The summed E-state index contributed by atoms with van der Waals surface area (Å²) in [6, 6.07) is 3.62. The Morgan fingerprint density at radius 1 is 1.60 bits per heavy atom. The molecule has 0 aliphatic rings. The summed E-state index contributed by atoms with van der Waals surface area (Å²) in [6.07, 6.45) is 8.65. The van der Waals surface area contributed by atoms with Gasteiger partial charge in [0.1, 0.15) is 0 Å². The summed E-state index contributed by atoms with van der Waals surface area (Å²) in [7, 11) is 0. The van der Waals surface area contributed by atoms with E-state index in [0.717, 1.165) is 17.2 Å². The molecule has 1 heterocycles. The molecule has 0 bridgehead atoms. The summed E-state index contributed by atoms with van der Waals surface area (Å²) < 4.78 is 0. The van der Waals surface area contributed by atoms with E-state index in [9.17, 15) is 0 Å². The van der Waals surface area contributed by atoms with Crippen LogP contribution in [0.3, 0.4) is 0 Å². The number of rotatable bonds is 6. The minimum atomic E-state index is 0.324. The molecule has 0 saturated carbocycles. The summed E-state index contributed by atoms with van der Waals surface area (Å²) >= 11 is 7.68. The predicted molar refractivity (Wildman–Crippen MR) is 83.3 cm³/mol. The fourth-order valence-corrected chi connectivity index (χ4v) is 2.30. The number of nitrogens with one attached hydrogen (secondary N) is 2. The minimum absolute atomic E-state index is 0.324. The van der Waals surface area contributed by atoms with Crippen LogP contribution in [-0.2, 0) is 5.75 Å². The number of halogens is 1. The van der Waals surface area contributed by atoms with Crippen molar-refractivity contribution in [1.82, 2.24) is 15.6 Å². The van der Waals surface area contributed by atoms with Crippen LogP contribution in [0.15, 0.2) is 23.3 Å². The van der Waals surface area contributed by atoms with Gasteiger partial charge in [-0.25, -0.2) is 0 Å². The largest absolute Gasteiger partial charge is 0.345 e. The number of aliphatic imine (C=N–C) groups is 1. The third kappa shape index (κ3) is 6.33. The van der Waals surface area contributed by atoms with E-state index in [0.29, 0.717) is 24.1 Å². The summed E-state index contributed by atoms with van der Waals surface area (Å²) in [5, 5.41) is 14.5. The molecule has 0 radical (unpaired) electrons. The van der Waals surface area contributed by atoms with E-state index in [1.54, 1.807) is 30.2 Å². The van der Waals surface area contributed by atoms with Crippen molar-refractivity contribution in [1.29, 1.82) is 5.26 Å². The van der Waals surface area contributed by atoms with Crippen molar-refractivity contribution in [2.45, 2.75) is 5.75 Å². The highest BCUT2D eigenvalue weighted by atomic mass is 35.5. The Labute approximate surface area is 127 Å². The van der Waals surface area contributed by atoms with Gasteiger partial charge in [0.15, 0.2) is 6.19 Å². The van der Waals surface area contributed by atoms with Crippen molar-refractivity contribution in [2.75, 3.05) is 18.8 Å². The van der Waals surface area contributed by atoms with E-state index in [2.05, 4.69) is 26.5 Å². The normalized spacial score (nSPS) is 10.4. The quantitative estimate of drug-likeness (QED) is 0.209. The lowest BCUT2D eigenvalue weighted by Crippen LogP contribution is -2.34. The fraction of sp³-hybridized carbons (Fsp3) is 0.308. The molecule has 0 atom stereocenters. The molecule has 1 aromatic rings. The molecule has 0 unspecified atom stereocenters. The number of hydrogen-bond donors (Lipinski definition) is 2. The fourth-order valence-electron chi connectivity index (χ4n) is 1.24. The molecule has 20 heavy (non-hydrogen) atoms. The maximum absolute atomic E-state index is 8.56. The van der Waals surface area contributed by atoms with Crippen LogP contribution in [0.25, 0.3) is 0 Å². The zero-order valence-corrected chi connectivity index (χ0v) is 12.3. The van der Waals surface area contributed by atoms with Crippen LogP contribution in [0.1, 0.15) is 5.69 Å². The Balaban J connectivity index is 2.31. The van der Waals surface area contributed by atoms with Gasteiger partial charge in [0.25, 0.3) is 0 Å². The van der Waals surface area contributed by atoms with Gasteiger partial charge in [-0.2, -0.15) is 17.0 Å². The highest BCUT2D eigenvalue weighted by Crippen LogP contribution is 2.18. The third-order valence-corrected chi connectivity index (χ3v) is 3.40. The maximum atomic E-state index is 8.56. The van der Waals surface area contributed by atoms with Crippen LogP contribution in [0.2, 0.25) is 5.02 Å². The van der Waals surface area contributed by atoms with Crippen molar-refractivity contribution in [3.63, 3.8) is 0 Å². The lowest BCUT2D eigenvalue weighted by molar-refractivity contribution is 0.967. The third-order valence-electron chi connectivity index (χ3n) is 2.11. The molecule has 0 saturated heterocycles.